The topological polar surface area (TPSA) is 55.8 Å². The number of hydrogen-bond acceptors (Lipinski definition) is 4. The Morgan fingerprint density at radius 1 is 1.11 bits per heavy atom. The van der Waals surface area contributed by atoms with Gasteiger partial charge in [0.05, 0.1) is 6.04 Å². The smallest absolute Gasteiger partial charge is 0.302 e. The Labute approximate surface area is 217 Å². The van der Waals surface area contributed by atoms with Crippen molar-refractivity contribution in [2.75, 3.05) is 6.54 Å². The lowest BCUT2D eigenvalue weighted by atomic mass is 9.47. The number of amides is 1. The molecule has 6 aliphatic rings. The minimum Gasteiger partial charge on any atom is -0.492 e. The number of nitrogens with zero attached hydrogens (tertiary/aromatic N) is 1. The molecule has 0 N–H and O–H groups in total. The van der Waals surface area contributed by atoms with E-state index in [0.717, 1.165) is 56.7 Å². The molecule has 10 atom stereocenters. The van der Waals surface area contributed by atoms with E-state index >= 15 is 0 Å². The average Bonchev–Trinajstić information content (AvgIpc) is 3.44. The quantitative estimate of drug-likeness (QED) is 0.346. The van der Waals surface area contributed by atoms with Crippen molar-refractivity contribution in [3.05, 3.63) is 23.0 Å². The number of likely N-dealkylation sites (tertiary alicyclic amines) is 1. The first-order valence-corrected chi connectivity index (χ1v) is 14.5. The van der Waals surface area contributed by atoms with Gasteiger partial charge in [0, 0.05) is 32.7 Å². The van der Waals surface area contributed by atoms with Crippen molar-refractivity contribution in [2.45, 2.75) is 111 Å². The lowest BCUT2D eigenvalue weighted by molar-refractivity contribution is -0.148. The van der Waals surface area contributed by atoms with E-state index in [1.165, 1.54) is 25.3 Å². The van der Waals surface area contributed by atoms with Gasteiger partial charge in [-0.25, -0.2) is 0 Å². The van der Waals surface area contributed by atoms with Crippen molar-refractivity contribution in [3.63, 3.8) is 0 Å². The maximum atomic E-state index is 12.4. The predicted molar refractivity (Wildman–Crippen MR) is 139 cm³/mol. The SMILES string of the molecule is CC(=O)O[C@@H]1CC[C@@]2(C)C(=CC[C@@H]3[C@@H]4C[C@@H]5OC([C@@H]6C[C@H](C)CN6C(C)=O)=C(C)[C@@H]5[C@@]4(C)CC[C@@H]32)C1. The van der Waals surface area contributed by atoms with Crippen LogP contribution in [0, 0.1) is 40.4 Å². The number of hydrogen-bond donors (Lipinski definition) is 0. The standard InChI is InChI=1S/C31H45NO4/c1-17-13-26(32(16-17)19(3)33)29-18(2)28-27(36-29)15-25-23-8-7-21-14-22(35-20(4)34)9-11-30(21,5)24(23)10-12-31(25,28)6/h7,17,22-28H,8-16H2,1-6H3/t17-,22+,23-,24-,25-,26-,27-,28-,30-,31-/m0/s1. The summed E-state index contributed by atoms with van der Waals surface area (Å²) in [4.78, 5) is 26.0. The van der Waals surface area contributed by atoms with Crippen LogP contribution in [0.1, 0.15) is 92.9 Å². The maximum Gasteiger partial charge on any atom is 0.302 e. The fraction of sp³-hybridized carbons (Fsp3) is 0.806. The van der Waals surface area contributed by atoms with Crippen molar-refractivity contribution in [1.82, 2.24) is 4.90 Å². The minimum absolute atomic E-state index is 0.0607. The van der Waals surface area contributed by atoms with Crippen LogP contribution in [0.15, 0.2) is 23.0 Å². The third-order valence-corrected chi connectivity index (χ3v) is 11.7. The van der Waals surface area contributed by atoms with Crippen molar-refractivity contribution in [2.24, 2.45) is 40.4 Å². The molecule has 0 aromatic heterocycles. The van der Waals surface area contributed by atoms with Crippen LogP contribution in [0.3, 0.4) is 0 Å². The molecule has 4 fully saturated rings. The van der Waals surface area contributed by atoms with E-state index in [9.17, 15) is 9.59 Å². The summed E-state index contributed by atoms with van der Waals surface area (Å²) in [5, 5.41) is 0. The van der Waals surface area contributed by atoms with Crippen LogP contribution in [0.25, 0.3) is 0 Å². The first-order chi connectivity index (χ1) is 17.0. The molecule has 0 bridgehead atoms. The maximum absolute atomic E-state index is 12.4. The van der Waals surface area contributed by atoms with Crippen LogP contribution >= 0.6 is 0 Å². The number of ether oxygens (including phenoxy) is 2. The van der Waals surface area contributed by atoms with E-state index in [1.54, 1.807) is 12.5 Å². The fourth-order valence-corrected chi connectivity index (χ4v) is 10.2. The Kier molecular flexibility index (Phi) is 5.70. The number of esters is 1. The number of carbonyl (C=O) groups excluding carboxylic acids is 2. The van der Waals surface area contributed by atoms with Gasteiger partial charge >= 0.3 is 5.97 Å². The molecule has 6 rings (SSSR count). The monoisotopic (exact) mass is 495 g/mol. The molecule has 5 heteroatoms. The second-order valence-electron chi connectivity index (χ2n) is 13.7. The summed E-state index contributed by atoms with van der Waals surface area (Å²) in [5.74, 6) is 4.31. The molecule has 0 aromatic carbocycles. The molecule has 1 amide bonds. The summed E-state index contributed by atoms with van der Waals surface area (Å²) in [5.41, 5.74) is 3.52. The Bertz CT molecular complexity index is 1030. The molecule has 3 saturated carbocycles. The second-order valence-corrected chi connectivity index (χ2v) is 13.7. The van der Waals surface area contributed by atoms with Crippen molar-refractivity contribution in [1.29, 1.82) is 0 Å². The van der Waals surface area contributed by atoms with Crippen molar-refractivity contribution in [3.8, 4) is 0 Å². The normalized spacial score (nSPS) is 47.4. The van der Waals surface area contributed by atoms with Gasteiger partial charge in [-0.2, -0.15) is 0 Å². The van der Waals surface area contributed by atoms with Crippen LogP contribution < -0.4 is 0 Å². The van der Waals surface area contributed by atoms with E-state index in [2.05, 4.69) is 38.7 Å². The molecular weight excluding hydrogens is 450 g/mol. The van der Waals surface area contributed by atoms with E-state index in [-0.39, 0.29) is 41.0 Å². The van der Waals surface area contributed by atoms with Gasteiger partial charge in [-0.3, -0.25) is 9.59 Å². The number of rotatable bonds is 2. The molecule has 36 heavy (non-hydrogen) atoms. The van der Waals surface area contributed by atoms with Gasteiger partial charge in [0.2, 0.25) is 5.91 Å². The van der Waals surface area contributed by atoms with Gasteiger partial charge in [0.25, 0.3) is 0 Å². The molecule has 4 aliphatic carbocycles. The summed E-state index contributed by atoms with van der Waals surface area (Å²) in [7, 11) is 0. The highest BCUT2D eigenvalue weighted by Crippen LogP contribution is 2.69. The van der Waals surface area contributed by atoms with Crippen LogP contribution in [0.2, 0.25) is 0 Å². The number of fused-ring (bicyclic) bond motifs is 7. The molecule has 0 unspecified atom stereocenters. The van der Waals surface area contributed by atoms with E-state index < -0.39 is 0 Å². The van der Waals surface area contributed by atoms with Crippen molar-refractivity contribution < 1.29 is 19.1 Å². The van der Waals surface area contributed by atoms with E-state index in [0.29, 0.717) is 23.7 Å². The average molecular weight is 496 g/mol. The third kappa shape index (κ3) is 3.46. The zero-order valence-electron chi connectivity index (χ0n) is 23.1. The number of allylic oxidation sites excluding steroid dienone is 1. The van der Waals surface area contributed by atoms with Crippen LogP contribution in [0.4, 0.5) is 0 Å². The Morgan fingerprint density at radius 2 is 1.89 bits per heavy atom. The molecule has 0 aromatic rings. The second kappa shape index (κ2) is 8.36. The lowest BCUT2D eigenvalue weighted by Crippen LogP contribution is -2.50. The zero-order chi connectivity index (χ0) is 25.6. The van der Waals surface area contributed by atoms with Gasteiger partial charge < -0.3 is 14.4 Å². The third-order valence-electron chi connectivity index (χ3n) is 11.7. The first-order valence-electron chi connectivity index (χ1n) is 14.5. The van der Waals surface area contributed by atoms with Gasteiger partial charge in [-0.1, -0.05) is 32.4 Å². The summed E-state index contributed by atoms with van der Waals surface area (Å²) in [6.45, 7) is 13.7. The Hall–Kier alpha value is -1.78. The van der Waals surface area contributed by atoms with Crippen LogP contribution in [-0.2, 0) is 19.1 Å². The predicted octanol–water partition coefficient (Wildman–Crippen LogP) is 6.04. The molecule has 5 nitrogen and oxygen atoms in total. The molecular formula is C31H45NO4. The Balaban J connectivity index is 1.25. The fourth-order valence-electron chi connectivity index (χ4n) is 10.2. The first kappa shape index (κ1) is 24.6. The minimum atomic E-state index is -0.148. The summed E-state index contributed by atoms with van der Waals surface area (Å²) in [6, 6.07) is 0.132. The molecule has 0 spiro atoms. The molecule has 2 aliphatic heterocycles. The van der Waals surface area contributed by atoms with Gasteiger partial charge in [0.1, 0.15) is 18.0 Å². The zero-order valence-corrected chi connectivity index (χ0v) is 23.1. The summed E-state index contributed by atoms with van der Waals surface area (Å²) < 4.78 is 12.5. The van der Waals surface area contributed by atoms with Crippen molar-refractivity contribution >= 4 is 11.9 Å². The highest BCUT2D eigenvalue weighted by molar-refractivity contribution is 5.74. The number of carbonyl (C=O) groups is 2. The van der Waals surface area contributed by atoms with Crippen LogP contribution in [0.5, 0.6) is 0 Å². The lowest BCUT2D eigenvalue weighted by Gasteiger charge is -2.58. The molecule has 198 valence electrons. The highest BCUT2D eigenvalue weighted by atomic mass is 16.5. The largest absolute Gasteiger partial charge is 0.492 e. The molecule has 0 radical (unpaired) electrons. The molecule has 2 heterocycles. The van der Waals surface area contributed by atoms with E-state index in [1.807, 2.05) is 0 Å². The van der Waals surface area contributed by atoms with Crippen LogP contribution in [-0.4, -0.2) is 41.6 Å². The summed E-state index contributed by atoms with van der Waals surface area (Å²) in [6.07, 6.45) is 11.8. The highest BCUT2D eigenvalue weighted by Gasteiger charge is 2.64. The molecule has 1 saturated heterocycles. The summed E-state index contributed by atoms with van der Waals surface area (Å²) >= 11 is 0. The van der Waals surface area contributed by atoms with Gasteiger partial charge in [-0.05, 0) is 91.9 Å². The van der Waals surface area contributed by atoms with Gasteiger partial charge in [0.15, 0.2) is 0 Å². The van der Waals surface area contributed by atoms with E-state index in [4.69, 9.17) is 9.47 Å². The van der Waals surface area contributed by atoms with Gasteiger partial charge in [-0.15, -0.1) is 0 Å². The Morgan fingerprint density at radius 3 is 2.61 bits per heavy atom.